The predicted molar refractivity (Wildman–Crippen MR) is 219 cm³/mol. The molecular formula is C50H32N2O. The molecule has 53 heavy (non-hydrogen) atoms. The maximum absolute atomic E-state index is 6.20. The number of fused-ring (bicyclic) bond motifs is 4. The lowest BCUT2D eigenvalue weighted by Gasteiger charge is -2.14. The molecule has 0 saturated heterocycles. The van der Waals surface area contributed by atoms with Crippen LogP contribution in [0.1, 0.15) is 0 Å². The van der Waals surface area contributed by atoms with Crippen molar-refractivity contribution >= 4 is 32.7 Å². The topological polar surface area (TPSA) is 38.9 Å². The second-order valence-electron chi connectivity index (χ2n) is 13.4. The summed E-state index contributed by atoms with van der Waals surface area (Å²) in [5.41, 5.74) is 13.4. The molecule has 0 amide bonds. The van der Waals surface area contributed by atoms with E-state index in [9.17, 15) is 0 Å². The molecule has 3 nitrogen and oxygen atoms in total. The largest absolute Gasteiger partial charge is 0.456 e. The number of para-hydroxylation sites is 1. The van der Waals surface area contributed by atoms with Crippen molar-refractivity contribution < 1.29 is 4.42 Å². The third-order valence-electron chi connectivity index (χ3n) is 10.1. The van der Waals surface area contributed by atoms with Crippen LogP contribution in [0.3, 0.4) is 0 Å². The van der Waals surface area contributed by atoms with Gasteiger partial charge in [0.25, 0.3) is 0 Å². The van der Waals surface area contributed by atoms with Gasteiger partial charge in [-0.3, -0.25) is 0 Å². The second kappa shape index (κ2) is 12.9. The predicted octanol–water partition coefficient (Wildman–Crippen LogP) is 13.5. The minimum Gasteiger partial charge on any atom is -0.456 e. The Labute approximate surface area is 307 Å². The molecule has 0 aliphatic rings. The number of furan rings is 1. The minimum atomic E-state index is 0.689. The summed E-state index contributed by atoms with van der Waals surface area (Å²) in [7, 11) is 0. The van der Waals surface area contributed by atoms with Gasteiger partial charge >= 0.3 is 0 Å². The van der Waals surface area contributed by atoms with Crippen LogP contribution in [0, 0.1) is 0 Å². The van der Waals surface area contributed by atoms with E-state index in [0.29, 0.717) is 5.82 Å². The third kappa shape index (κ3) is 5.85. The molecule has 2 aromatic heterocycles. The van der Waals surface area contributed by atoms with E-state index in [-0.39, 0.29) is 0 Å². The van der Waals surface area contributed by atoms with Crippen LogP contribution in [0.2, 0.25) is 0 Å². The van der Waals surface area contributed by atoms with Crippen LogP contribution in [0.5, 0.6) is 0 Å². The zero-order valence-corrected chi connectivity index (χ0v) is 28.8. The van der Waals surface area contributed by atoms with Crippen molar-refractivity contribution in [2.45, 2.75) is 0 Å². The molecule has 0 atom stereocenters. The van der Waals surface area contributed by atoms with Crippen molar-refractivity contribution in [1.29, 1.82) is 0 Å². The van der Waals surface area contributed by atoms with Crippen molar-refractivity contribution in [2.24, 2.45) is 0 Å². The standard InChI is InChI=1S/C50H32N2O/c1-3-11-33(12-4-1)35-19-22-36(23-20-35)46-32-47(52-50(51-46)37-14-5-2-6-15-37)43-29-41(39-24-21-34-13-7-8-16-38(34)27-39)28-42(30-43)40-25-26-49-45(31-40)44-17-9-10-18-48(44)53-49/h1-32H. The highest BCUT2D eigenvalue weighted by Gasteiger charge is 2.15. The summed E-state index contributed by atoms with van der Waals surface area (Å²) < 4.78 is 6.20. The van der Waals surface area contributed by atoms with Crippen molar-refractivity contribution in [3.05, 3.63) is 194 Å². The molecule has 8 aromatic carbocycles. The summed E-state index contributed by atoms with van der Waals surface area (Å²) >= 11 is 0. The molecule has 2 heterocycles. The van der Waals surface area contributed by atoms with Crippen molar-refractivity contribution in [3.63, 3.8) is 0 Å². The monoisotopic (exact) mass is 676 g/mol. The third-order valence-corrected chi connectivity index (χ3v) is 10.1. The summed E-state index contributed by atoms with van der Waals surface area (Å²) in [4.78, 5) is 10.4. The Morgan fingerprint density at radius 1 is 0.283 bits per heavy atom. The van der Waals surface area contributed by atoms with E-state index in [1.807, 2.05) is 36.4 Å². The molecule has 0 radical (unpaired) electrons. The van der Waals surface area contributed by atoms with Gasteiger partial charge in [-0.15, -0.1) is 0 Å². The zero-order valence-electron chi connectivity index (χ0n) is 28.8. The average molecular weight is 677 g/mol. The fourth-order valence-corrected chi connectivity index (χ4v) is 7.31. The van der Waals surface area contributed by atoms with Gasteiger partial charge < -0.3 is 4.42 Å². The van der Waals surface area contributed by atoms with Crippen LogP contribution in [0.4, 0.5) is 0 Å². The van der Waals surface area contributed by atoms with E-state index in [2.05, 4.69) is 158 Å². The fraction of sp³-hybridized carbons (Fsp3) is 0. The van der Waals surface area contributed by atoms with E-state index in [1.165, 1.54) is 21.9 Å². The number of hydrogen-bond acceptors (Lipinski definition) is 3. The maximum Gasteiger partial charge on any atom is 0.160 e. The summed E-state index contributed by atoms with van der Waals surface area (Å²) in [5, 5.41) is 4.64. The van der Waals surface area contributed by atoms with Gasteiger partial charge in [0.05, 0.1) is 11.4 Å². The van der Waals surface area contributed by atoms with Gasteiger partial charge in [-0.2, -0.15) is 0 Å². The van der Waals surface area contributed by atoms with Crippen LogP contribution in [0.25, 0.3) is 100.0 Å². The lowest BCUT2D eigenvalue weighted by atomic mass is 9.93. The van der Waals surface area contributed by atoms with E-state index < -0.39 is 0 Å². The normalized spacial score (nSPS) is 11.4. The second-order valence-corrected chi connectivity index (χ2v) is 13.4. The first-order valence-electron chi connectivity index (χ1n) is 17.9. The number of hydrogen-bond donors (Lipinski definition) is 0. The highest BCUT2D eigenvalue weighted by atomic mass is 16.3. The first kappa shape index (κ1) is 30.7. The molecule has 0 N–H and O–H groups in total. The van der Waals surface area contributed by atoms with Crippen LogP contribution >= 0.6 is 0 Å². The van der Waals surface area contributed by atoms with E-state index in [0.717, 1.165) is 72.3 Å². The maximum atomic E-state index is 6.20. The van der Waals surface area contributed by atoms with Crippen molar-refractivity contribution in [3.8, 4) is 67.3 Å². The Balaban J connectivity index is 1.17. The molecule has 3 heteroatoms. The summed E-state index contributed by atoms with van der Waals surface area (Å²) in [6, 6.07) is 68.2. The molecule has 248 valence electrons. The van der Waals surface area contributed by atoms with Crippen LogP contribution < -0.4 is 0 Å². The number of rotatable bonds is 6. The summed E-state index contributed by atoms with van der Waals surface area (Å²) in [6.07, 6.45) is 0. The van der Waals surface area contributed by atoms with Gasteiger partial charge in [0.1, 0.15) is 11.2 Å². The van der Waals surface area contributed by atoms with Crippen LogP contribution in [-0.4, -0.2) is 9.97 Å². The number of benzene rings is 8. The average Bonchev–Trinajstić information content (AvgIpc) is 3.62. The lowest BCUT2D eigenvalue weighted by Crippen LogP contribution is -1.96. The number of nitrogens with zero attached hydrogens (tertiary/aromatic N) is 2. The molecule has 10 rings (SSSR count). The van der Waals surface area contributed by atoms with E-state index in [1.54, 1.807) is 0 Å². The molecule has 0 saturated carbocycles. The molecule has 10 aromatic rings. The Morgan fingerprint density at radius 3 is 1.58 bits per heavy atom. The molecule has 0 aliphatic heterocycles. The highest BCUT2D eigenvalue weighted by Crippen LogP contribution is 2.38. The Hall–Kier alpha value is -7.10. The van der Waals surface area contributed by atoms with Gasteiger partial charge in [0.15, 0.2) is 5.82 Å². The van der Waals surface area contributed by atoms with Crippen LogP contribution in [0.15, 0.2) is 199 Å². The quantitative estimate of drug-likeness (QED) is 0.176. The van der Waals surface area contributed by atoms with Gasteiger partial charge in [-0.1, -0.05) is 146 Å². The molecule has 0 bridgehead atoms. The molecule has 0 spiro atoms. The first-order valence-corrected chi connectivity index (χ1v) is 17.9. The Bertz CT molecular complexity index is 2930. The molecule has 0 aliphatic carbocycles. The van der Waals surface area contributed by atoms with Crippen LogP contribution in [-0.2, 0) is 0 Å². The Kier molecular flexibility index (Phi) is 7.47. The van der Waals surface area contributed by atoms with Crippen molar-refractivity contribution in [1.82, 2.24) is 9.97 Å². The van der Waals surface area contributed by atoms with Crippen molar-refractivity contribution in [2.75, 3.05) is 0 Å². The fourth-order valence-electron chi connectivity index (χ4n) is 7.31. The molecular weight excluding hydrogens is 645 g/mol. The highest BCUT2D eigenvalue weighted by molar-refractivity contribution is 6.06. The van der Waals surface area contributed by atoms with Gasteiger partial charge in [-0.25, -0.2) is 9.97 Å². The van der Waals surface area contributed by atoms with E-state index >= 15 is 0 Å². The smallest absolute Gasteiger partial charge is 0.160 e. The van der Waals surface area contributed by atoms with Gasteiger partial charge in [-0.05, 0) is 92.7 Å². The van der Waals surface area contributed by atoms with Gasteiger partial charge in [0.2, 0.25) is 0 Å². The number of aromatic nitrogens is 2. The lowest BCUT2D eigenvalue weighted by molar-refractivity contribution is 0.669. The zero-order chi connectivity index (χ0) is 35.1. The SMILES string of the molecule is c1ccc(-c2ccc(-c3cc(-c4cc(-c5ccc6ccccc6c5)cc(-c5ccc6oc7ccccc7c6c5)c4)nc(-c4ccccc4)n3)cc2)cc1. The first-order chi connectivity index (χ1) is 26.2. The van der Waals surface area contributed by atoms with Gasteiger partial charge in [0, 0.05) is 27.5 Å². The summed E-state index contributed by atoms with van der Waals surface area (Å²) in [6.45, 7) is 0. The minimum absolute atomic E-state index is 0.689. The molecule has 0 unspecified atom stereocenters. The summed E-state index contributed by atoms with van der Waals surface area (Å²) in [5.74, 6) is 0.689. The van der Waals surface area contributed by atoms with E-state index in [4.69, 9.17) is 14.4 Å². The Morgan fingerprint density at radius 2 is 0.811 bits per heavy atom. The molecule has 0 fully saturated rings.